The lowest BCUT2D eigenvalue weighted by atomic mass is 10.0. The molecule has 9 heteroatoms. The van der Waals surface area contributed by atoms with Crippen molar-refractivity contribution in [2.75, 3.05) is 16.6 Å². The van der Waals surface area contributed by atoms with E-state index in [1.54, 1.807) is 48.5 Å². The predicted molar refractivity (Wildman–Crippen MR) is 150 cm³/mol. The quantitative estimate of drug-likeness (QED) is 0.319. The normalized spacial score (nSPS) is 13.4. The fourth-order valence-electron chi connectivity index (χ4n) is 4.44. The van der Waals surface area contributed by atoms with Crippen LogP contribution < -0.4 is 10.0 Å². The Morgan fingerprint density at radius 3 is 2.42 bits per heavy atom. The molecule has 3 aromatic carbocycles. The molecule has 0 spiro atoms. The first kappa shape index (κ1) is 25.7. The van der Waals surface area contributed by atoms with Crippen LogP contribution in [0, 0.1) is 18.3 Å². The van der Waals surface area contributed by atoms with Crippen LogP contribution in [0.1, 0.15) is 37.5 Å². The molecule has 192 valence electrons. The molecule has 0 atom stereocenters. The van der Waals surface area contributed by atoms with Gasteiger partial charge in [0, 0.05) is 35.8 Å². The zero-order valence-corrected chi connectivity index (χ0v) is 22.4. The molecule has 1 aromatic heterocycles. The maximum absolute atomic E-state index is 13.0. The standard InChI is InChI=1S/C29H26N4O3S2/c1-20-7-13-24(14-8-20)38(35,36)32-23-11-9-22(10-12-23)28(34)31-29-26(17-30)25-15-16-33(19-27(25)37-29)18-21-5-3-2-4-6-21/h2-14,32H,15-16,18-19H2,1H3,(H,31,34). The molecule has 38 heavy (non-hydrogen) atoms. The summed E-state index contributed by atoms with van der Waals surface area (Å²) in [6.45, 7) is 4.30. The van der Waals surface area contributed by atoms with Crippen LogP contribution in [-0.4, -0.2) is 25.8 Å². The van der Waals surface area contributed by atoms with E-state index in [1.165, 1.54) is 16.9 Å². The van der Waals surface area contributed by atoms with E-state index in [2.05, 4.69) is 33.1 Å². The maximum atomic E-state index is 13.0. The molecule has 0 aliphatic carbocycles. The van der Waals surface area contributed by atoms with Gasteiger partial charge in [-0.05, 0) is 60.9 Å². The monoisotopic (exact) mass is 542 g/mol. The van der Waals surface area contributed by atoms with E-state index >= 15 is 0 Å². The third-order valence-electron chi connectivity index (χ3n) is 6.45. The molecule has 5 rings (SSSR count). The number of fused-ring (bicyclic) bond motifs is 1. The second-order valence-corrected chi connectivity index (χ2v) is 12.0. The first-order chi connectivity index (χ1) is 18.3. The largest absolute Gasteiger partial charge is 0.312 e. The molecule has 2 heterocycles. The molecule has 0 saturated heterocycles. The highest BCUT2D eigenvalue weighted by Gasteiger charge is 2.25. The van der Waals surface area contributed by atoms with Crippen molar-refractivity contribution in [3.8, 4) is 6.07 Å². The first-order valence-corrected chi connectivity index (χ1v) is 14.4. The highest BCUT2D eigenvalue weighted by atomic mass is 32.2. The summed E-state index contributed by atoms with van der Waals surface area (Å²) in [6.07, 6.45) is 0.757. The number of nitrogens with one attached hydrogen (secondary N) is 2. The minimum atomic E-state index is -3.74. The molecule has 0 radical (unpaired) electrons. The average Bonchev–Trinajstić information content (AvgIpc) is 3.25. The number of nitrogens with zero attached hydrogens (tertiary/aromatic N) is 2. The number of benzene rings is 3. The lowest BCUT2D eigenvalue weighted by Gasteiger charge is -2.26. The number of carbonyl (C=O) groups excluding carboxylic acids is 1. The summed E-state index contributed by atoms with van der Waals surface area (Å²) < 4.78 is 27.8. The lowest BCUT2D eigenvalue weighted by Crippen LogP contribution is -2.29. The lowest BCUT2D eigenvalue weighted by molar-refractivity contribution is 0.102. The van der Waals surface area contributed by atoms with Crippen LogP contribution in [0.4, 0.5) is 10.7 Å². The Bertz CT molecular complexity index is 1610. The number of amides is 1. The topological polar surface area (TPSA) is 102 Å². The van der Waals surface area contributed by atoms with Crippen molar-refractivity contribution in [2.24, 2.45) is 0 Å². The van der Waals surface area contributed by atoms with Gasteiger partial charge in [0.15, 0.2) is 0 Å². The van der Waals surface area contributed by atoms with Crippen LogP contribution >= 0.6 is 11.3 Å². The van der Waals surface area contributed by atoms with Crippen LogP contribution in [0.25, 0.3) is 0 Å². The van der Waals surface area contributed by atoms with E-state index in [4.69, 9.17) is 0 Å². The Labute approximate surface area is 226 Å². The van der Waals surface area contributed by atoms with E-state index < -0.39 is 10.0 Å². The van der Waals surface area contributed by atoms with Gasteiger partial charge in [-0.2, -0.15) is 5.26 Å². The second-order valence-electron chi connectivity index (χ2n) is 9.22. The Hall–Kier alpha value is -3.97. The molecule has 1 aliphatic rings. The van der Waals surface area contributed by atoms with Crippen LogP contribution in [0.15, 0.2) is 83.8 Å². The summed E-state index contributed by atoms with van der Waals surface area (Å²) in [5.41, 5.74) is 4.47. The van der Waals surface area contributed by atoms with E-state index in [0.29, 0.717) is 21.8 Å². The number of nitriles is 1. The number of hydrogen-bond acceptors (Lipinski definition) is 6. The molecule has 4 aromatic rings. The first-order valence-electron chi connectivity index (χ1n) is 12.1. The number of carbonyl (C=O) groups is 1. The van der Waals surface area contributed by atoms with Gasteiger partial charge in [-0.3, -0.25) is 14.4 Å². The highest BCUT2D eigenvalue weighted by Crippen LogP contribution is 2.37. The minimum Gasteiger partial charge on any atom is -0.312 e. The highest BCUT2D eigenvalue weighted by molar-refractivity contribution is 7.92. The third-order valence-corrected chi connectivity index (χ3v) is 8.98. The van der Waals surface area contributed by atoms with E-state index in [-0.39, 0.29) is 10.8 Å². The summed E-state index contributed by atoms with van der Waals surface area (Å²) in [4.78, 5) is 16.6. The van der Waals surface area contributed by atoms with Gasteiger partial charge in [0.05, 0.1) is 10.5 Å². The Balaban J connectivity index is 1.27. The van der Waals surface area contributed by atoms with Crippen LogP contribution in [0.5, 0.6) is 0 Å². The zero-order chi connectivity index (χ0) is 26.7. The molecule has 1 amide bonds. The van der Waals surface area contributed by atoms with Crippen LogP contribution in [0.2, 0.25) is 0 Å². The molecular formula is C29H26N4O3S2. The summed E-state index contributed by atoms with van der Waals surface area (Å²) in [7, 11) is -3.74. The molecule has 1 aliphatic heterocycles. The van der Waals surface area contributed by atoms with Gasteiger partial charge in [-0.25, -0.2) is 8.42 Å². The molecule has 7 nitrogen and oxygen atoms in total. The smallest absolute Gasteiger partial charge is 0.261 e. The van der Waals surface area contributed by atoms with Crippen LogP contribution in [0.3, 0.4) is 0 Å². The van der Waals surface area contributed by atoms with Crippen molar-refractivity contribution in [2.45, 2.75) is 31.3 Å². The summed E-state index contributed by atoms with van der Waals surface area (Å²) >= 11 is 1.45. The van der Waals surface area contributed by atoms with Gasteiger partial charge < -0.3 is 5.32 Å². The molecule has 0 fully saturated rings. The van der Waals surface area contributed by atoms with E-state index in [9.17, 15) is 18.5 Å². The average molecular weight is 543 g/mol. The van der Waals surface area contributed by atoms with Gasteiger partial charge in [0.1, 0.15) is 11.1 Å². The van der Waals surface area contributed by atoms with Crippen LogP contribution in [-0.2, 0) is 29.5 Å². The number of anilines is 2. The number of hydrogen-bond donors (Lipinski definition) is 2. The van der Waals surface area contributed by atoms with Crippen molar-refractivity contribution in [1.29, 1.82) is 5.26 Å². The van der Waals surface area contributed by atoms with Crippen molar-refractivity contribution >= 4 is 38.0 Å². The van der Waals surface area contributed by atoms with Crippen molar-refractivity contribution < 1.29 is 13.2 Å². The Kier molecular flexibility index (Phi) is 7.29. The van der Waals surface area contributed by atoms with Crippen molar-refractivity contribution in [3.63, 3.8) is 0 Å². The SMILES string of the molecule is Cc1ccc(S(=O)(=O)Nc2ccc(C(=O)Nc3sc4c(c3C#N)CCN(Cc3ccccc3)C4)cc2)cc1. The number of thiophene rings is 1. The predicted octanol–water partition coefficient (Wildman–Crippen LogP) is 5.54. The molecular weight excluding hydrogens is 516 g/mol. The number of aryl methyl sites for hydroxylation is 1. The summed E-state index contributed by atoms with van der Waals surface area (Å²) in [5, 5.41) is 13.3. The Morgan fingerprint density at radius 1 is 1.03 bits per heavy atom. The van der Waals surface area contributed by atoms with Gasteiger partial charge in [-0.1, -0.05) is 48.0 Å². The van der Waals surface area contributed by atoms with Crippen molar-refractivity contribution in [3.05, 3.63) is 112 Å². The third kappa shape index (κ3) is 5.63. The van der Waals surface area contributed by atoms with E-state index in [0.717, 1.165) is 42.1 Å². The zero-order valence-electron chi connectivity index (χ0n) is 20.8. The molecule has 2 N–H and O–H groups in total. The fourth-order valence-corrected chi connectivity index (χ4v) is 6.73. The Morgan fingerprint density at radius 2 is 1.74 bits per heavy atom. The molecule has 0 saturated carbocycles. The van der Waals surface area contributed by atoms with E-state index in [1.807, 2.05) is 25.1 Å². The fraction of sp³-hybridized carbons (Fsp3) is 0.172. The molecule has 0 bridgehead atoms. The maximum Gasteiger partial charge on any atom is 0.261 e. The second kappa shape index (κ2) is 10.8. The number of rotatable bonds is 7. The van der Waals surface area contributed by atoms with Gasteiger partial charge in [0.25, 0.3) is 15.9 Å². The van der Waals surface area contributed by atoms with Gasteiger partial charge in [0.2, 0.25) is 0 Å². The summed E-state index contributed by atoms with van der Waals surface area (Å²) in [5.74, 6) is -0.353. The summed E-state index contributed by atoms with van der Waals surface area (Å²) in [6, 6.07) is 25.3. The number of sulfonamides is 1. The van der Waals surface area contributed by atoms with Gasteiger partial charge in [-0.15, -0.1) is 11.3 Å². The molecule has 0 unspecified atom stereocenters. The van der Waals surface area contributed by atoms with Gasteiger partial charge >= 0.3 is 0 Å². The van der Waals surface area contributed by atoms with Crippen molar-refractivity contribution in [1.82, 2.24) is 4.90 Å². The minimum absolute atomic E-state index is 0.165.